The fraction of sp³-hybridized carbons (Fsp3) is 0.407. The second-order valence-corrected chi connectivity index (χ2v) is 13.0. The monoisotopic (exact) mass is 646 g/mol. The lowest BCUT2D eigenvalue weighted by Gasteiger charge is -2.46. The van der Waals surface area contributed by atoms with Crippen molar-refractivity contribution >= 4 is 61.0 Å². The zero-order valence-corrected chi connectivity index (χ0v) is 24.5. The second kappa shape index (κ2) is 11.4. The van der Waals surface area contributed by atoms with Crippen molar-refractivity contribution in [2.45, 2.75) is 55.2 Å². The number of nitrogens with one attached hydrogen (secondary N) is 1. The van der Waals surface area contributed by atoms with Crippen LogP contribution in [0.1, 0.15) is 54.9 Å². The zero-order valence-electron chi connectivity index (χ0n) is 21.3. The van der Waals surface area contributed by atoms with Gasteiger partial charge in [0.25, 0.3) is 0 Å². The van der Waals surface area contributed by atoms with Crippen molar-refractivity contribution in [3.8, 4) is 17.5 Å². The van der Waals surface area contributed by atoms with Gasteiger partial charge in [0.1, 0.15) is 24.0 Å². The molecule has 1 fully saturated rings. The number of hydrogen-bond donors (Lipinski definition) is 1. The average Bonchev–Trinajstić information content (AvgIpc) is 3.30. The number of hydrogen-bond acceptors (Lipinski definition) is 8. The molecule has 0 radical (unpaired) electrons. The first-order valence-electron chi connectivity index (χ1n) is 12.1. The molecule has 2 aromatic carbocycles. The van der Waals surface area contributed by atoms with Gasteiger partial charge >= 0.3 is 6.09 Å². The molecule has 1 unspecified atom stereocenters. The Bertz CT molecular complexity index is 1360. The molecule has 0 spiro atoms. The van der Waals surface area contributed by atoms with Gasteiger partial charge in [-0.05, 0) is 70.0 Å². The summed E-state index contributed by atoms with van der Waals surface area (Å²) in [6, 6.07) is 12.9. The predicted octanol–water partition coefficient (Wildman–Crippen LogP) is 6.86. The van der Waals surface area contributed by atoms with E-state index < -0.39 is 17.5 Å². The molecule has 0 saturated carbocycles. The van der Waals surface area contributed by atoms with Crippen molar-refractivity contribution in [2.75, 3.05) is 18.5 Å². The number of nitriles is 1. The van der Waals surface area contributed by atoms with Gasteiger partial charge in [0.15, 0.2) is 5.58 Å². The minimum Gasteiger partial charge on any atom is -0.444 e. The number of carbonyl (C=O) groups is 2. The molecule has 0 bridgehead atoms. The molecule has 1 atom stereocenters. The maximum Gasteiger partial charge on any atom is 0.414 e. The van der Waals surface area contributed by atoms with Gasteiger partial charge in [-0.1, -0.05) is 31.9 Å². The molecule has 38 heavy (non-hydrogen) atoms. The lowest BCUT2D eigenvalue weighted by molar-refractivity contribution is -0.154. The van der Waals surface area contributed by atoms with Crippen molar-refractivity contribution < 1.29 is 23.5 Å². The van der Waals surface area contributed by atoms with E-state index in [-0.39, 0.29) is 10.3 Å². The van der Waals surface area contributed by atoms with Crippen LogP contribution < -0.4 is 5.32 Å². The molecule has 0 aliphatic carbocycles. The molecule has 3 aromatic rings. The largest absolute Gasteiger partial charge is 0.444 e. The Kier molecular flexibility index (Phi) is 8.45. The normalized spacial score (nSPS) is 17.9. The first kappa shape index (κ1) is 28.1. The van der Waals surface area contributed by atoms with E-state index in [9.17, 15) is 14.9 Å². The van der Waals surface area contributed by atoms with Gasteiger partial charge in [0.05, 0.1) is 15.4 Å². The van der Waals surface area contributed by atoms with E-state index >= 15 is 0 Å². The third-order valence-electron chi connectivity index (χ3n) is 5.94. The fourth-order valence-corrected chi connectivity index (χ4v) is 5.00. The summed E-state index contributed by atoms with van der Waals surface area (Å²) in [5, 5.41) is 12.7. The predicted molar refractivity (Wildman–Crippen MR) is 150 cm³/mol. The fourth-order valence-electron chi connectivity index (χ4n) is 4.32. The number of piperidine rings is 1. The number of rotatable bonds is 7. The van der Waals surface area contributed by atoms with Crippen molar-refractivity contribution in [3.05, 3.63) is 47.5 Å². The lowest BCUT2D eigenvalue weighted by atomic mass is 10.0. The number of fused-ring (bicyclic) bond motifs is 1. The summed E-state index contributed by atoms with van der Waals surface area (Å²) in [5.41, 5.74) is 3.15. The number of carbonyl (C=O) groups excluding carboxylic acids is 2. The molecular formula is C27H28Br2N4O5. The minimum atomic E-state index is -1.23. The zero-order chi connectivity index (χ0) is 27.5. The number of likely N-dealkylation sites (tertiary alicyclic amines) is 1. The summed E-state index contributed by atoms with van der Waals surface area (Å²) in [5.74, 6) is -0.826. The Morgan fingerprint density at radius 3 is 2.66 bits per heavy atom. The Morgan fingerprint density at radius 2 is 2.03 bits per heavy atom. The van der Waals surface area contributed by atoms with Crippen LogP contribution in [0, 0.1) is 11.3 Å². The van der Waals surface area contributed by atoms with Gasteiger partial charge in [-0.3, -0.25) is 4.90 Å². The van der Waals surface area contributed by atoms with Crippen LogP contribution in [0.25, 0.3) is 22.6 Å². The van der Waals surface area contributed by atoms with E-state index in [0.29, 0.717) is 47.5 Å². The third-order valence-corrected chi connectivity index (χ3v) is 6.93. The van der Waals surface area contributed by atoms with Crippen LogP contribution in [0.5, 0.6) is 0 Å². The summed E-state index contributed by atoms with van der Waals surface area (Å²) in [7, 11) is 0. The van der Waals surface area contributed by atoms with Gasteiger partial charge in [0.2, 0.25) is 11.7 Å². The molecule has 1 aromatic heterocycles. The van der Waals surface area contributed by atoms with Crippen LogP contribution in [0.3, 0.4) is 0 Å². The SMILES string of the molecule is CC(C)(C)OC(=O)N1CCCCC1(Nc1ccc(-c2nc3cc(C#N)cc(C(Br)Br)c3o2)cc1)OCC=O. The maximum absolute atomic E-state index is 13.1. The minimum absolute atomic E-state index is 0.178. The number of ether oxygens (including phenoxy) is 2. The molecule has 1 saturated heterocycles. The molecular weight excluding hydrogens is 620 g/mol. The number of halogens is 2. The van der Waals surface area contributed by atoms with Gasteiger partial charge in [0, 0.05) is 29.8 Å². The van der Waals surface area contributed by atoms with Crippen molar-refractivity contribution in [3.63, 3.8) is 0 Å². The second-order valence-electron chi connectivity index (χ2n) is 9.90. The molecule has 11 heteroatoms. The summed E-state index contributed by atoms with van der Waals surface area (Å²) in [6.45, 7) is 5.67. The highest BCUT2D eigenvalue weighted by Crippen LogP contribution is 2.38. The first-order chi connectivity index (χ1) is 18.0. The Balaban J connectivity index is 1.63. The molecule has 200 valence electrons. The molecule has 1 aliphatic heterocycles. The Hall–Kier alpha value is -2.94. The van der Waals surface area contributed by atoms with E-state index in [1.807, 2.05) is 24.3 Å². The number of oxazole rings is 1. The molecule has 2 heterocycles. The van der Waals surface area contributed by atoms with Crippen LogP contribution in [0.4, 0.5) is 10.5 Å². The number of aldehydes is 1. The smallest absolute Gasteiger partial charge is 0.414 e. The van der Waals surface area contributed by atoms with Crippen molar-refractivity contribution in [1.29, 1.82) is 5.26 Å². The number of benzene rings is 2. The topological polar surface area (TPSA) is 118 Å². The quantitative estimate of drug-likeness (QED) is 0.168. The van der Waals surface area contributed by atoms with Gasteiger partial charge < -0.3 is 24.0 Å². The summed E-state index contributed by atoms with van der Waals surface area (Å²) in [6.07, 6.45) is 2.24. The maximum atomic E-state index is 13.1. The van der Waals surface area contributed by atoms with Crippen molar-refractivity contribution in [2.24, 2.45) is 0 Å². The number of alkyl halides is 2. The molecule has 9 nitrogen and oxygen atoms in total. The standard InChI is InChI=1S/C27H28Br2N4O5/c1-26(2,3)38-25(35)33-11-5-4-10-27(33,36-13-12-34)32-19-8-6-18(7-9-19)24-31-21-15-17(16-30)14-20(23(28)29)22(21)37-24/h6-9,12,14-15,23,32H,4-5,10-11,13H2,1-3H3. The third kappa shape index (κ3) is 6.20. The molecule has 4 rings (SSSR count). The summed E-state index contributed by atoms with van der Waals surface area (Å²) in [4.78, 5) is 30.4. The van der Waals surface area contributed by atoms with E-state index in [4.69, 9.17) is 13.9 Å². The highest BCUT2D eigenvalue weighted by Gasteiger charge is 2.45. The van der Waals surface area contributed by atoms with E-state index in [2.05, 4.69) is 48.2 Å². The summed E-state index contributed by atoms with van der Waals surface area (Å²) >= 11 is 6.97. The van der Waals surface area contributed by atoms with E-state index in [1.54, 1.807) is 32.9 Å². The van der Waals surface area contributed by atoms with Gasteiger partial charge in [-0.15, -0.1) is 0 Å². The highest BCUT2D eigenvalue weighted by atomic mass is 79.9. The highest BCUT2D eigenvalue weighted by molar-refractivity contribution is 9.24. The van der Waals surface area contributed by atoms with Crippen LogP contribution in [-0.4, -0.2) is 46.9 Å². The molecule has 1 amide bonds. The number of aromatic nitrogens is 1. The number of amides is 1. The first-order valence-corrected chi connectivity index (χ1v) is 14.0. The van der Waals surface area contributed by atoms with E-state index in [0.717, 1.165) is 24.0 Å². The Labute approximate surface area is 237 Å². The number of nitrogens with zero attached hydrogens (tertiary/aromatic N) is 3. The van der Waals surface area contributed by atoms with Crippen molar-refractivity contribution in [1.82, 2.24) is 9.88 Å². The molecule has 1 aliphatic rings. The van der Waals surface area contributed by atoms with Crippen LogP contribution in [0.15, 0.2) is 40.8 Å². The number of anilines is 1. The van der Waals surface area contributed by atoms with Crippen LogP contribution >= 0.6 is 31.9 Å². The van der Waals surface area contributed by atoms with E-state index in [1.165, 1.54) is 4.90 Å². The Morgan fingerprint density at radius 1 is 1.29 bits per heavy atom. The molecule has 1 N–H and O–H groups in total. The van der Waals surface area contributed by atoms with Crippen LogP contribution in [0.2, 0.25) is 0 Å². The lowest BCUT2D eigenvalue weighted by Crippen LogP contribution is -2.62. The average molecular weight is 648 g/mol. The van der Waals surface area contributed by atoms with Gasteiger partial charge in [-0.2, -0.15) is 5.26 Å². The van der Waals surface area contributed by atoms with Gasteiger partial charge in [-0.25, -0.2) is 9.78 Å². The van der Waals surface area contributed by atoms with Crippen LogP contribution in [-0.2, 0) is 14.3 Å². The summed E-state index contributed by atoms with van der Waals surface area (Å²) < 4.78 is 17.5.